The zero-order valence-corrected chi connectivity index (χ0v) is 13.6. The highest BCUT2D eigenvalue weighted by Crippen LogP contribution is 2.30. The van der Waals surface area contributed by atoms with Crippen molar-refractivity contribution >= 4 is 0 Å². The fourth-order valence-electron chi connectivity index (χ4n) is 3.58. The van der Waals surface area contributed by atoms with Crippen LogP contribution in [0.2, 0.25) is 0 Å². The molecule has 0 bridgehead atoms. The Morgan fingerprint density at radius 1 is 1.29 bits per heavy atom. The van der Waals surface area contributed by atoms with Gasteiger partial charge in [-0.25, -0.2) is 0 Å². The van der Waals surface area contributed by atoms with E-state index < -0.39 is 0 Å². The Kier molecular flexibility index (Phi) is 6.68. The normalized spacial score (nSPS) is 18.8. The molecule has 3 nitrogen and oxygen atoms in total. The van der Waals surface area contributed by atoms with Crippen molar-refractivity contribution in [2.75, 3.05) is 26.7 Å². The van der Waals surface area contributed by atoms with Gasteiger partial charge in [-0.2, -0.15) is 0 Å². The highest BCUT2D eigenvalue weighted by atomic mass is 16.5. The molecule has 1 fully saturated rings. The van der Waals surface area contributed by atoms with E-state index in [0.29, 0.717) is 19.2 Å². The van der Waals surface area contributed by atoms with Crippen molar-refractivity contribution in [1.82, 2.24) is 4.90 Å². The molecule has 0 aliphatic carbocycles. The molecule has 3 heteroatoms. The number of methoxy groups -OCH3 is 1. The van der Waals surface area contributed by atoms with E-state index in [1.807, 2.05) is 0 Å². The van der Waals surface area contributed by atoms with Gasteiger partial charge in [0.1, 0.15) is 0 Å². The predicted molar refractivity (Wildman–Crippen MR) is 88.2 cm³/mol. The van der Waals surface area contributed by atoms with Crippen LogP contribution < -0.4 is 5.73 Å². The minimum absolute atomic E-state index is 0.332. The summed E-state index contributed by atoms with van der Waals surface area (Å²) in [6.45, 7) is 5.98. The average Bonchev–Trinajstić information content (AvgIpc) is 2.52. The van der Waals surface area contributed by atoms with Gasteiger partial charge in [-0.15, -0.1) is 0 Å². The summed E-state index contributed by atoms with van der Waals surface area (Å²) in [5.41, 5.74) is 8.72. The maximum Gasteiger partial charge on any atom is 0.0716 e. The largest absolute Gasteiger partial charge is 0.380 e. The Labute approximate surface area is 129 Å². The smallest absolute Gasteiger partial charge is 0.0716 e. The molecule has 1 heterocycles. The Hall–Kier alpha value is -0.900. The molecule has 0 spiro atoms. The Morgan fingerprint density at radius 2 is 2.00 bits per heavy atom. The summed E-state index contributed by atoms with van der Waals surface area (Å²) < 4.78 is 5.34. The minimum atomic E-state index is 0.332. The van der Waals surface area contributed by atoms with Crippen LogP contribution in [-0.2, 0) is 11.3 Å². The molecule has 1 unspecified atom stereocenters. The number of piperidine rings is 1. The lowest BCUT2D eigenvalue weighted by atomic mass is 9.90. The topological polar surface area (TPSA) is 38.5 Å². The summed E-state index contributed by atoms with van der Waals surface area (Å²) in [6, 6.07) is 8.90. The van der Waals surface area contributed by atoms with Crippen LogP contribution in [0, 0.1) is 5.92 Å². The number of nitrogens with zero attached hydrogens (tertiary/aromatic N) is 1. The van der Waals surface area contributed by atoms with Gasteiger partial charge >= 0.3 is 0 Å². The summed E-state index contributed by atoms with van der Waals surface area (Å²) in [7, 11) is 1.75. The first-order valence-corrected chi connectivity index (χ1v) is 8.31. The molecular weight excluding hydrogens is 260 g/mol. The van der Waals surface area contributed by atoms with Crippen LogP contribution in [0.3, 0.4) is 0 Å². The third kappa shape index (κ3) is 4.29. The van der Waals surface area contributed by atoms with E-state index >= 15 is 0 Å². The van der Waals surface area contributed by atoms with Gasteiger partial charge in [0, 0.05) is 19.7 Å². The van der Waals surface area contributed by atoms with E-state index in [0.717, 1.165) is 5.92 Å². The van der Waals surface area contributed by atoms with Crippen LogP contribution in [0.15, 0.2) is 24.3 Å². The quantitative estimate of drug-likeness (QED) is 0.837. The fraction of sp³-hybridized carbons (Fsp3) is 0.667. The molecule has 2 N–H and O–H groups in total. The molecule has 1 aliphatic rings. The third-order valence-corrected chi connectivity index (χ3v) is 4.72. The van der Waals surface area contributed by atoms with Gasteiger partial charge in [-0.05, 0) is 43.0 Å². The summed E-state index contributed by atoms with van der Waals surface area (Å²) >= 11 is 0. The van der Waals surface area contributed by atoms with Crippen LogP contribution in [0.25, 0.3) is 0 Å². The van der Waals surface area contributed by atoms with E-state index in [2.05, 4.69) is 36.1 Å². The summed E-state index contributed by atoms with van der Waals surface area (Å²) in [5.74, 6) is 0.916. The van der Waals surface area contributed by atoms with Gasteiger partial charge in [-0.3, -0.25) is 4.90 Å². The first-order valence-electron chi connectivity index (χ1n) is 8.31. The second kappa shape index (κ2) is 8.52. The lowest BCUT2D eigenvalue weighted by Crippen LogP contribution is -2.40. The molecule has 1 aliphatic heterocycles. The maximum atomic E-state index is 6.11. The Balaban J connectivity index is 2.06. The van der Waals surface area contributed by atoms with Crippen molar-refractivity contribution in [2.45, 2.75) is 45.3 Å². The molecule has 21 heavy (non-hydrogen) atoms. The predicted octanol–water partition coefficient (Wildman–Crippen LogP) is 3.34. The SMILES string of the molecule is CCCC1CCN(C(CN)c2ccccc2COC)CC1. The number of hydrogen-bond donors (Lipinski definition) is 1. The second-order valence-electron chi connectivity index (χ2n) is 6.15. The van der Waals surface area contributed by atoms with Gasteiger partial charge in [0.15, 0.2) is 0 Å². The number of ether oxygens (including phenoxy) is 1. The third-order valence-electron chi connectivity index (χ3n) is 4.72. The molecule has 2 rings (SSSR count). The van der Waals surface area contributed by atoms with Crippen molar-refractivity contribution in [1.29, 1.82) is 0 Å². The second-order valence-corrected chi connectivity index (χ2v) is 6.15. The average molecular weight is 290 g/mol. The van der Waals surface area contributed by atoms with Gasteiger partial charge in [0.05, 0.1) is 6.61 Å². The number of rotatable bonds is 7. The number of nitrogens with two attached hydrogens (primary N) is 1. The molecular formula is C18H30N2O. The monoisotopic (exact) mass is 290 g/mol. The molecule has 118 valence electrons. The molecule has 0 amide bonds. The van der Waals surface area contributed by atoms with Crippen LogP contribution in [-0.4, -0.2) is 31.6 Å². The fourth-order valence-corrected chi connectivity index (χ4v) is 3.58. The maximum absolute atomic E-state index is 6.11. The van der Waals surface area contributed by atoms with Crippen LogP contribution in [0.5, 0.6) is 0 Å². The molecule has 0 aromatic heterocycles. The van der Waals surface area contributed by atoms with Gasteiger partial charge in [0.25, 0.3) is 0 Å². The number of benzene rings is 1. The first-order chi connectivity index (χ1) is 10.3. The van der Waals surface area contributed by atoms with Crippen LogP contribution in [0.1, 0.15) is 49.8 Å². The number of hydrogen-bond acceptors (Lipinski definition) is 3. The molecule has 0 radical (unpaired) electrons. The van der Waals surface area contributed by atoms with Gasteiger partial charge in [-0.1, -0.05) is 44.0 Å². The Bertz CT molecular complexity index is 413. The van der Waals surface area contributed by atoms with Crippen molar-refractivity contribution in [2.24, 2.45) is 11.7 Å². The molecule has 1 atom stereocenters. The van der Waals surface area contributed by atoms with Crippen LogP contribution >= 0.6 is 0 Å². The molecule has 1 aromatic rings. The highest BCUT2D eigenvalue weighted by Gasteiger charge is 2.26. The minimum Gasteiger partial charge on any atom is -0.380 e. The van der Waals surface area contributed by atoms with E-state index in [1.54, 1.807) is 7.11 Å². The number of likely N-dealkylation sites (tertiary alicyclic amines) is 1. The van der Waals surface area contributed by atoms with Crippen LogP contribution in [0.4, 0.5) is 0 Å². The molecule has 0 saturated carbocycles. The van der Waals surface area contributed by atoms with E-state index in [1.165, 1.54) is 49.9 Å². The summed E-state index contributed by atoms with van der Waals surface area (Å²) in [6.07, 6.45) is 5.32. The van der Waals surface area contributed by atoms with E-state index in [-0.39, 0.29) is 0 Å². The lowest BCUT2D eigenvalue weighted by Gasteiger charge is -2.38. The van der Waals surface area contributed by atoms with Gasteiger partial charge < -0.3 is 10.5 Å². The summed E-state index contributed by atoms with van der Waals surface area (Å²) in [5, 5.41) is 0. The Morgan fingerprint density at radius 3 is 2.62 bits per heavy atom. The lowest BCUT2D eigenvalue weighted by molar-refractivity contribution is 0.128. The van der Waals surface area contributed by atoms with Crippen molar-refractivity contribution in [3.05, 3.63) is 35.4 Å². The standard InChI is InChI=1S/C18H30N2O/c1-3-6-15-9-11-20(12-10-15)18(13-19)17-8-5-4-7-16(17)14-21-2/h4-5,7-8,15,18H,3,6,9-14,19H2,1-2H3. The van der Waals surface area contributed by atoms with E-state index in [4.69, 9.17) is 10.5 Å². The summed E-state index contributed by atoms with van der Waals surface area (Å²) in [4.78, 5) is 2.57. The van der Waals surface area contributed by atoms with E-state index in [9.17, 15) is 0 Å². The highest BCUT2D eigenvalue weighted by molar-refractivity contribution is 5.30. The zero-order chi connectivity index (χ0) is 15.1. The first kappa shape index (κ1) is 16.5. The zero-order valence-electron chi connectivity index (χ0n) is 13.6. The van der Waals surface area contributed by atoms with Crippen molar-refractivity contribution in [3.8, 4) is 0 Å². The molecule has 1 aromatic carbocycles. The van der Waals surface area contributed by atoms with Crippen molar-refractivity contribution in [3.63, 3.8) is 0 Å². The molecule has 1 saturated heterocycles. The van der Waals surface area contributed by atoms with Gasteiger partial charge in [0.2, 0.25) is 0 Å². The van der Waals surface area contributed by atoms with Crippen molar-refractivity contribution < 1.29 is 4.74 Å².